The zero-order valence-electron chi connectivity index (χ0n) is 11.2. The van der Waals surface area contributed by atoms with Crippen LogP contribution in [0.3, 0.4) is 0 Å². The van der Waals surface area contributed by atoms with Gasteiger partial charge in [0.05, 0.1) is 0 Å². The largest absolute Gasteiger partial charge is 0.367 e. The number of benzene rings is 2. The lowest BCUT2D eigenvalue weighted by Crippen LogP contribution is -2.22. The number of hydrogen-bond acceptors (Lipinski definition) is 2. The summed E-state index contributed by atoms with van der Waals surface area (Å²) in [6.07, 6.45) is 2.41. The number of fused-ring (bicyclic) bond motifs is 1. The Balaban J connectivity index is 1.85. The van der Waals surface area contributed by atoms with E-state index in [0.717, 1.165) is 13.1 Å². The second kappa shape index (κ2) is 5.45. The molecule has 3 rings (SSSR count). The molecule has 0 radical (unpaired) electrons. The van der Waals surface area contributed by atoms with E-state index in [2.05, 4.69) is 53.4 Å². The Bertz CT molecular complexity index is 545. The van der Waals surface area contributed by atoms with Crippen molar-refractivity contribution in [2.45, 2.75) is 25.9 Å². The summed E-state index contributed by atoms with van der Waals surface area (Å²) in [5.41, 5.74) is 11.1. The van der Waals surface area contributed by atoms with Gasteiger partial charge in [-0.25, -0.2) is 0 Å². The van der Waals surface area contributed by atoms with Crippen LogP contribution in [0.5, 0.6) is 0 Å². The molecule has 0 saturated carbocycles. The minimum Gasteiger partial charge on any atom is -0.367 e. The summed E-state index contributed by atoms with van der Waals surface area (Å²) >= 11 is 0. The lowest BCUT2D eigenvalue weighted by atomic mass is 10.0. The monoisotopic (exact) mass is 252 g/mol. The van der Waals surface area contributed by atoms with Gasteiger partial charge in [0.25, 0.3) is 0 Å². The second-order valence-corrected chi connectivity index (χ2v) is 5.16. The highest BCUT2D eigenvalue weighted by Gasteiger charge is 2.14. The van der Waals surface area contributed by atoms with Crippen molar-refractivity contribution in [1.29, 1.82) is 0 Å². The smallest absolute Gasteiger partial charge is 0.0432 e. The molecule has 2 aromatic rings. The molecule has 0 atom stereocenters. The Labute approximate surface area is 114 Å². The van der Waals surface area contributed by atoms with E-state index in [1.807, 2.05) is 0 Å². The SMILES string of the molecule is NCc1ccc(N2CCCc3ccccc3C2)cc1. The van der Waals surface area contributed by atoms with Gasteiger partial charge in [-0.1, -0.05) is 36.4 Å². The molecule has 0 saturated heterocycles. The van der Waals surface area contributed by atoms with Crippen LogP contribution in [-0.4, -0.2) is 6.54 Å². The summed E-state index contributed by atoms with van der Waals surface area (Å²) < 4.78 is 0. The second-order valence-electron chi connectivity index (χ2n) is 5.16. The average Bonchev–Trinajstić information content (AvgIpc) is 2.69. The molecular formula is C17H20N2. The van der Waals surface area contributed by atoms with Gasteiger partial charge < -0.3 is 10.6 Å². The van der Waals surface area contributed by atoms with Crippen molar-refractivity contribution in [3.8, 4) is 0 Å². The van der Waals surface area contributed by atoms with Crippen LogP contribution in [0.25, 0.3) is 0 Å². The first-order valence-electron chi connectivity index (χ1n) is 6.97. The molecule has 0 amide bonds. The number of aryl methyl sites for hydroxylation is 1. The average molecular weight is 252 g/mol. The third-order valence-corrected chi connectivity index (χ3v) is 3.89. The van der Waals surface area contributed by atoms with Gasteiger partial charge in [-0.3, -0.25) is 0 Å². The summed E-state index contributed by atoms with van der Waals surface area (Å²) in [5.74, 6) is 0. The third-order valence-electron chi connectivity index (χ3n) is 3.89. The summed E-state index contributed by atoms with van der Waals surface area (Å²) in [4.78, 5) is 2.46. The van der Waals surface area contributed by atoms with Crippen LogP contribution in [-0.2, 0) is 19.5 Å². The van der Waals surface area contributed by atoms with E-state index in [-0.39, 0.29) is 0 Å². The molecule has 0 fully saturated rings. The van der Waals surface area contributed by atoms with E-state index < -0.39 is 0 Å². The van der Waals surface area contributed by atoms with E-state index in [1.54, 1.807) is 0 Å². The molecule has 2 heteroatoms. The predicted molar refractivity (Wildman–Crippen MR) is 80.1 cm³/mol. The molecule has 1 aliphatic heterocycles. The fourth-order valence-electron chi connectivity index (χ4n) is 2.76. The minimum absolute atomic E-state index is 0.614. The summed E-state index contributed by atoms with van der Waals surface area (Å²) in [6.45, 7) is 2.75. The first kappa shape index (κ1) is 12.2. The standard InChI is InChI=1S/C17H20N2/c18-12-14-7-9-17(10-8-14)19-11-3-6-15-4-1-2-5-16(15)13-19/h1-2,4-5,7-10H,3,6,11-13,18H2. The van der Waals surface area contributed by atoms with Gasteiger partial charge in [-0.2, -0.15) is 0 Å². The van der Waals surface area contributed by atoms with Gasteiger partial charge in [0.1, 0.15) is 0 Å². The first-order valence-corrected chi connectivity index (χ1v) is 6.97. The van der Waals surface area contributed by atoms with Crippen molar-refractivity contribution in [2.75, 3.05) is 11.4 Å². The fourth-order valence-corrected chi connectivity index (χ4v) is 2.76. The molecule has 2 N–H and O–H groups in total. The highest BCUT2D eigenvalue weighted by molar-refractivity contribution is 5.49. The van der Waals surface area contributed by atoms with Crippen molar-refractivity contribution in [1.82, 2.24) is 0 Å². The maximum Gasteiger partial charge on any atom is 0.0432 e. The zero-order chi connectivity index (χ0) is 13.1. The normalized spacial score (nSPS) is 14.9. The van der Waals surface area contributed by atoms with Crippen molar-refractivity contribution in [3.63, 3.8) is 0 Å². The molecule has 1 heterocycles. The molecule has 98 valence electrons. The number of hydrogen-bond donors (Lipinski definition) is 1. The van der Waals surface area contributed by atoms with Gasteiger partial charge in [-0.05, 0) is 41.7 Å². The van der Waals surface area contributed by atoms with Crippen LogP contribution in [0, 0.1) is 0 Å². The van der Waals surface area contributed by atoms with Crippen LogP contribution in [0.15, 0.2) is 48.5 Å². The Morgan fingerprint density at radius 1 is 0.947 bits per heavy atom. The highest BCUT2D eigenvalue weighted by atomic mass is 15.1. The minimum atomic E-state index is 0.614. The van der Waals surface area contributed by atoms with Gasteiger partial charge in [0, 0.05) is 25.3 Å². The van der Waals surface area contributed by atoms with Crippen molar-refractivity contribution in [2.24, 2.45) is 5.73 Å². The lowest BCUT2D eigenvalue weighted by molar-refractivity contribution is 0.765. The van der Waals surface area contributed by atoms with E-state index in [9.17, 15) is 0 Å². The highest BCUT2D eigenvalue weighted by Crippen LogP contribution is 2.24. The number of nitrogens with two attached hydrogens (primary N) is 1. The Morgan fingerprint density at radius 3 is 2.42 bits per heavy atom. The van der Waals surface area contributed by atoms with Gasteiger partial charge in [0.2, 0.25) is 0 Å². The molecule has 0 spiro atoms. The summed E-state index contributed by atoms with van der Waals surface area (Å²) in [5, 5.41) is 0. The Kier molecular flexibility index (Phi) is 3.51. The van der Waals surface area contributed by atoms with E-state index in [4.69, 9.17) is 5.73 Å². The van der Waals surface area contributed by atoms with Crippen LogP contribution >= 0.6 is 0 Å². The number of nitrogens with zero attached hydrogens (tertiary/aromatic N) is 1. The number of rotatable bonds is 2. The molecule has 2 aromatic carbocycles. The maximum atomic E-state index is 5.65. The van der Waals surface area contributed by atoms with E-state index in [0.29, 0.717) is 6.54 Å². The topological polar surface area (TPSA) is 29.3 Å². The maximum absolute atomic E-state index is 5.65. The Hall–Kier alpha value is -1.80. The van der Waals surface area contributed by atoms with Crippen molar-refractivity contribution < 1.29 is 0 Å². The lowest BCUT2D eigenvalue weighted by Gasteiger charge is -2.23. The molecule has 1 aliphatic rings. The quantitative estimate of drug-likeness (QED) is 0.890. The van der Waals surface area contributed by atoms with Gasteiger partial charge in [0.15, 0.2) is 0 Å². The van der Waals surface area contributed by atoms with Gasteiger partial charge in [-0.15, -0.1) is 0 Å². The predicted octanol–water partition coefficient (Wildman–Crippen LogP) is 3.10. The van der Waals surface area contributed by atoms with Crippen molar-refractivity contribution >= 4 is 5.69 Å². The van der Waals surface area contributed by atoms with Crippen LogP contribution in [0.2, 0.25) is 0 Å². The third kappa shape index (κ3) is 2.64. The Morgan fingerprint density at radius 2 is 1.68 bits per heavy atom. The van der Waals surface area contributed by atoms with Crippen molar-refractivity contribution in [3.05, 3.63) is 65.2 Å². The summed E-state index contributed by atoms with van der Waals surface area (Å²) in [6, 6.07) is 17.4. The number of anilines is 1. The molecule has 0 unspecified atom stereocenters. The van der Waals surface area contributed by atoms with E-state index >= 15 is 0 Å². The van der Waals surface area contributed by atoms with Crippen LogP contribution in [0.4, 0.5) is 5.69 Å². The summed E-state index contributed by atoms with van der Waals surface area (Å²) in [7, 11) is 0. The zero-order valence-corrected chi connectivity index (χ0v) is 11.2. The van der Waals surface area contributed by atoms with E-state index in [1.165, 1.54) is 35.2 Å². The molecule has 0 aliphatic carbocycles. The van der Waals surface area contributed by atoms with Gasteiger partial charge >= 0.3 is 0 Å². The van der Waals surface area contributed by atoms with Crippen LogP contribution in [0.1, 0.15) is 23.1 Å². The molecular weight excluding hydrogens is 232 g/mol. The van der Waals surface area contributed by atoms with Crippen LogP contribution < -0.4 is 10.6 Å². The molecule has 0 bridgehead atoms. The molecule has 19 heavy (non-hydrogen) atoms. The fraction of sp³-hybridized carbons (Fsp3) is 0.294. The molecule has 2 nitrogen and oxygen atoms in total. The molecule has 0 aromatic heterocycles. The first-order chi connectivity index (χ1) is 9.36.